The second kappa shape index (κ2) is 13.2. The normalized spacial score (nSPS) is 10.2. The van der Waals surface area contributed by atoms with Crippen LogP contribution in [0.4, 0.5) is 0 Å². The van der Waals surface area contributed by atoms with E-state index >= 15 is 0 Å². The predicted octanol–water partition coefficient (Wildman–Crippen LogP) is 2.33. The minimum Gasteiger partial charge on any atom is -0.463 e. The van der Waals surface area contributed by atoms with Crippen molar-refractivity contribution in [3.05, 3.63) is 12.7 Å². The second-order valence-electron chi connectivity index (χ2n) is 3.65. The Hall–Kier alpha value is -0.870. The zero-order valence-electron chi connectivity index (χ0n) is 10.8. The molecule has 0 saturated carbocycles. The molecule has 0 saturated heterocycles. The summed E-state index contributed by atoms with van der Waals surface area (Å²) in [5.74, 6) is -0.134. The number of hydrogen-bond donors (Lipinski definition) is 0. The van der Waals surface area contributed by atoms with Gasteiger partial charge in [0, 0.05) is 6.42 Å². The fourth-order valence-corrected chi connectivity index (χ4v) is 1.19. The van der Waals surface area contributed by atoms with E-state index in [0.717, 1.165) is 19.3 Å². The van der Waals surface area contributed by atoms with Gasteiger partial charge in [0.25, 0.3) is 0 Å². The third kappa shape index (κ3) is 13.1. The Morgan fingerprint density at radius 3 is 2.53 bits per heavy atom. The minimum absolute atomic E-state index is 0.134. The Labute approximate surface area is 104 Å². The average Bonchev–Trinajstić information content (AvgIpc) is 2.33. The minimum atomic E-state index is -0.134. The first-order valence-electron chi connectivity index (χ1n) is 6.23. The van der Waals surface area contributed by atoms with E-state index < -0.39 is 0 Å². The maximum Gasteiger partial charge on any atom is 0.305 e. The zero-order chi connectivity index (χ0) is 12.8. The van der Waals surface area contributed by atoms with Crippen molar-refractivity contribution >= 4 is 5.97 Å². The van der Waals surface area contributed by atoms with Gasteiger partial charge in [0.05, 0.1) is 26.4 Å². The van der Waals surface area contributed by atoms with Gasteiger partial charge in [-0.2, -0.15) is 0 Å². The summed E-state index contributed by atoms with van der Waals surface area (Å²) in [5.41, 5.74) is 0. The largest absolute Gasteiger partial charge is 0.463 e. The van der Waals surface area contributed by atoms with Crippen LogP contribution in [0.1, 0.15) is 32.6 Å². The monoisotopic (exact) mass is 244 g/mol. The first-order chi connectivity index (χ1) is 8.31. The molecule has 17 heavy (non-hydrogen) atoms. The van der Waals surface area contributed by atoms with Gasteiger partial charge < -0.3 is 14.2 Å². The summed E-state index contributed by atoms with van der Waals surface area (Å²) in [7, 11) is 0. The highest BCUT2D eigenvalue weighted by molar-refractivity contribution is 5.69. The van der Waals surface area contributed by atoms with E-state index in [1.54, 1.807) is 6.08 Å². The molecule has 0 aliphatic carbocycles. The summed E-state index contributed by atoms with van der Waals surface area (Å²) < 4.78 is 15.3. The third-order valence-electron chi connectivity index (χ3n) is 2.08. The van der Waals surface area contributed by atoms with E-state index in [4.69, 9.17) is 14.2 Å². The van der Waals surface area contributed by atoms with E-state index in [0.29, 0.717) is 39.5 Å². The lowest BCUT2D eigenvalue weighted by atomic mass is 10.2. The van der Waals surface area contributed by atoms with Gasteiger partial charge in [0.15, 0.2) is 0 Å². The molecule has 0 spiro atoms. The summed E-state index contributed by atoms with van der Waals surface area (Å²) in [6, 6.07) is 0. The van der Waals surface area contributed by atoms with Crippen LogP contribution >= 0.6 is 0 Å². The van der Waals surface area contributed by atoms with Gasteiger partial charge in [-0.1, -0.05) is 25.8 Å². The molecule has 0 aromatic carbocycles. The summed E-state index contributed by atoms with van der Waals surface area (Å²) >= 11 is 0. The van der Waals surface area contributed by atoms with E-state index in [1.807, 2.05) is 0 Å². The predicted molar refractivity (Wildman–Crippen MR) is 66.9 cm³/mol. The molecule has 0 aromatic heterocycles. The fraction of sp³-hybridized carbons (Fsp3) is 0.769. The maximum absolute atomic E-state index is 11.2. The standard InChI is InChI=1S/C13H24O4/c1-3-5-6-7-13(14)17-12-11-16-10-9-15-8-4-2/h4H,2-3,5-12H2,1H3. The van der Waals surface area contributed by atoms with E-state index in [-0.39, 0.29) is 5.97 Å². The number of rotatable bonds is 12. The highest BCUT2D eigenvalue weighted by atomic mass is 16.6. The molecular weight excluding hydrogens is 220 g/mol. The van der Waals surface area contributed by atoms with Crippen molar-refractivity contribution in [1.82, 2.24) is 0 Å². The molecule has 0 aliphatic rings. The lowest BCUT2D eigenvalue weighted by Gasteiger charge is -2.06. The zero-order valence-corrected chi connectivity index (χ0v) is 10.8. The SMILES string of the molecule is C=CCOCCOCCOC(=O)CCCCC. The average molecular weight is 244 g/mol. The number of unbranched alkanes of at least 4 members (excludes halogenated alkanes) is 2. The lowest BCUT2D eigenvalue weighted by molar-refractivity contribution is -0.145. The fourth-order valence-electron chi connectivity index (χ4n) is 1.19. The van der Waals surface area contributed by atoms with Crippen LogP contribution in [0.2, 0.25) is 0 Å². The van der Waals surface area contributed by atoms with Crippen molar-refractivity contribution in [3.63, 3.8) is 0 Å². The van der Waals surface area contributed by atoms with Crippen LogP contribution in [0, 0.1) is 0 Å². The van der Waals surface area contributed by atoms with Gasteiger partial charge in [-0.15, -0.1) is 6.58 Å². The number of esters is 1. The molecule has 0 radical (unpaired) electrons. The lowest BCUT2D eigenvalue weighted by Crippen LogP contribution is -2.12. The molecular formula is C13H24O4. The molecule has 0 bridgehead atoms. The van der Waals surface area contributed by atoms with Gasteiger partial charge in [0.1, 0.15) is 6.61 Å². The van der Waals surface area contributed by atoms with Crippen LogP contribution in [0.25, 0.3) is 0 Å². The molecule has 4 nitrogen and oxygen atoms in total. The van der Waals surface area contributed by atoms with Gasteiger partial charge >= 0.3 is 5.97 Å². The molecule has 0 unspecified atom stereocenters. The highest BCUT2D eigenvalue weighted by Gasteiger charge is 2.01. The molecule has 0 heterocycles. The molecule has 4 heteroatoms. The van der Waals surface area contributed by atoms with Crippen molar-refractivity contribution in [2.45, 2.75) is 32.6 Å². The van der Waals surface area contributed by atoms with E-state index in [9.17, 15) is 4.79 Å². The number of carbonyl (C=O) groups excluding carboxylic acids is 1. The Balaban J connectivity index is 3.11. The van der Waals surface area contributed by atoms with Crippen LogP contribution < -0.4 is 0 Å². The van der Waals surface area contributed by atoms with Crippen LogP contribution in [0.15, 0.2) is 12.7 Å². The van der Waals surface area contributed by atoms with Crippen LogP contribution in [0.3, 0.4) is 0 Å². The van der Waals surface area contributed by atoms with Crippen LogP contribution in [-0.2, 0) is 19.0 Å². The summed E-state index contributed by atoms with van der Waals surface area (Å²) in [6.07, 6.45) is 5.30. The number of hydrogen-bond acceptors (Lipinski definition) is 4. The topological polar surface area (TPSA) is 44.8 Å². The first kappa shape index (κ1) is 16.1. The van der Waals surface area contributed by atoms with Crippen molar-refractivity contribution in [2.75, 3.05) is 33.0 Å². The van der Waals surface area contributed by atoms with Crippen molar-refractivity contribution in [2.24, 2.45) is 0 Å². The number of carbonyl (C=O) groups is 1. The van der Waals surface area contributed by atoms with Crippen molar-refractivity contribution < 1.29 is 19.0 Å². The van der Waals surface area contributed by atoms with Crippen molar-refractivity contribution in [1.29, 1.82) is 0 Å². The maximum atomic E-state index is 11.2. The van der Waals surface area contributed by atoms with Crippen LogP contribution in [0.5, 0.6) is 0 Å². The Morgan fingerprint density at radius 2 is 1.82 bits per heavy atom. The van der Waals surface area contributed by atoms with E-state index in [2.05, 4.69) is 13.5 Å². The Kier molecular flexibility index (Phi) is 12.5. The first-order valence-corrected chi connectivity index (χ1v) is 6.23. The molecule has 0 atom stereocenters. The molecule has 0 aromatic rings. The summed E-state index contributed by atoms with van der Waals surface area (Å²) in [5, 5.41) is 0. The summed E-state index contributed by atoms with van der Waals surface area (Å²) in [4.78, 5) is 11.2. The Bertz CT molecular complexity index is 192. The highest BCUT2D eigenvalue weighted by Crippen LogP contribution is 2.00. The molecule has 0 rings (SSSR count). The molecule has 0 amide bonds. The molecule has 0 N–H and O–H groups in total. The van der Waals surface area contributed by atoms with Crippen LogP contribution in [-0.4, -0.2) is 39.0 Å². The van der Waals surface area contributed by atoms with E-state index in [1.165, 1.54) is 0 Å². The summed E-state index contributed by atoms with van der Waals surface area (Å²) in [6.45, 7) is 7.98. The third-order valence-corrected chi connectivity index (χ3v) is 2.08. The molecule has 0 fully saturated rings. The molecule has 0 aliphatic heterocycles. The van der Waals surface area contributed by atoms with Gasteiger partial charge in [0.2, 0.25) is 0 Å². The number of ether oxygens (including phenoxy) is 3. The Morgan fingerprint density at radius 1 is 1.12 bits per heavy atom. The van der Waals surface area contributed by atoms with Gasteiger partial charge in [-0.3, -0.25) is 4.79 Å². The van der Waals surface area contributed by atoms with Gasteiger partial charge in [-0.05, 0) is 6.42 Å². The van der Waals surface area contributed by atoms with Crippen molar-refractivity contribution in [3.8, 4) is 0 Å². The smallest absolute Gasteiger partial charge is 0.305 e. The van der Waals surface area contributed by atoms with Gasteiger partial charge in [-0.25, -0.2) is 0 Å². The molecule has 100 valence electrons. The quantitative estimate of drug-likeness (QED) is 0.300. The second-order valence-corrected chi connectivity index (χ2v) is 3.65.